The van der Waals surface area contributed by atoms with Crippen molar-refractivity contribution in [2.75, 3.05) is 53.4 Å². The summed E-state index contributed by atoms with van der Waals surface area (Å²) in [7, 11) is -0.832. The molecule has 0 saturated carbocycles. The molecule has 0 radical (unpaired) electrons. The van der Waals surface area contributed by atoms with Gasteiger partial charge in [0, 0.05) is 59.0 Å². The molecule has 150 valence electrons. The minimum absolute atomic E-state index is 0.0444. The molecule has 1 amide bonds. The topological polar surface area (TPSA) is 70.2 Å². The summed E-state index contributed by atoms with van der Waals surface area (Å²) in [5, 5.41) is 0.113. The second-order valence-electron chi connectivity index (χ2n) is 7.16. The van der Waals surface area contributed by atoms with E-state index in [0.29, 0.717) is 24.8 Å². The maximum Gasteiger partial charge on any atom is 0.253 e. The quantitative estimate of drug-likeness (QED) is 0.729. The first-order chi connectivity index (χ1) is 12.8. The predicted octanol–water partition coefficient (Wildman–Crippen LogP) is 1.53. The second kappa shape index (κ2) is 8.45. The van der Waals surface area contributed by atoms with Gasteiger partial charge in [-0.2, -0.15) is 0 Å². The Hall–Kier alpha value is -1.19. The molecule has 1 atom stereocenters. The lowest BCUT2D eigenvalue weighted by Gasteiger charge is -2.35. The second-order valence-corrected chi connectivity index (χ2v) is 9.69. The van der Waals surface area contributed by atoms with Gasteiger partial charge in [0.25, 0.3) is 5.91 Å². The standard InChI is InChI=1S/C18H26ClN3O4S/c1-20(2)27(24,25)17-12-14(5-6-16(17)19)18(23)22-9-7-21(8-10-22)13-15-4-3-11-26-15/h5-6,12,15H,3-4,7-11,13H2,1-2H3. The highest BCUT2D eigenvalue weighted by atomic mass is 35.5. The number of amides is 1. The average molecular weight is 416 g/mol. The van der Waals surface area contributed by atoms with Gasteiger partial charge in [-0.3, -0.25) is 9.69 Å². The maximum atomic E-state index is 12.8. The number of piperazine rings is 1. The van der Waals surface area contributed by atoms with E-state index < -0.39 is 10.0 Å². The van der Waals surface area contributed by atoms with Crippen LogP contribution in [0.1, 0.15) is 23.2 Å². The number of halogens is 1. The molecule has 0 N–H and O–H groups in total. The van der Waals surface area contributed by atoms with E-state index in [1.54, 1.807) is 11.0 Å². The highest BCUT2D eigenvalue weighted by molar-refractivity contribution is 7.89. The number of nitrogens with zero attached hydrogens (tertiary/aromatic N) is 3. The van der Waals surface area contributed by atoms with Crippen molar-refractivity contribution in [3.05, 3.63) is 28.8 Å². The normalized spacial score (nSPS) is 21.8. The number of ether oxygens (including phenoxy) is 1. The third kappa shape index (κ3) is 4.63. The minimum atomic E-state index is -3.71. The summed E-state index contributed by atoms with van der Waals surface area (Å²) in [6.45, 7) is 4.57. The van der Waals surface area contributed by atoms with Crippen LogP contribution in [0.3, 0.4) is 0 Å². The van der Waals surface area contributed by atoms with Crippen molar-refractivity contribution >= 4 is 27.5 Å². The summed E-state index contributed by atoms with van der Waals surface area (Å²) in [4.78, 5) is 16.9. The number of hydrogen-bond acceptors (Lipinski definition) is 5. The average Bonchev–Trinajstić information content (AvgIpc) is 3.15. The number of carbonyl (C=O) groups excluding carboxylic acids is 1. The van der Waals surface area contributed by atoms with Crippen molar-refractivity contribution in [2.24, 2.45) is 0 Å². The monoisotopic (exact) mass is 415 g/mol. The fourth-order valence-corrected chi connectivity index (χ4v) is 4.82. The van der Waals surface area contributed by atoms with Crippen LogP contribution in [0, 0.1) is 0 Å². The Morgan fingerprint density at radius 2 is 1.96 bits per heavy atom. The summed E-state index contributed by atoms with van der Waals surface area (Å²) >= 11 is 6.07. The Labute approximate surface area is 165 Å². The third-order valence-corrected chi connectivity index (χ3v) is 7.38. The molecule has 0 bridgehead atoms. The first-order valence-corrected chi connectivity index (χ1v) is 11.0. The predicted molar refractivity (Wildman–Crippen MR) is 104 cm³/mol. The van der Waals surface area contributed by atoms with E-state index in [1.807, 2.05) is 0 Å². The Kier molecular flexibility index (Phi) is 6.43. The molecule has 2 aliphatic rings. The van der Waals surface area contributed by atoms with Gasteiger partial charge in [-0.25, -0.2) is 12.7 Å². The molecular formula is C18H26ClN3O4S. The van der Waals surface area contributed by atoms with Crippen LogP contribution >= 0.6 is 11.6 Å². The maximum absolute atomic E-state index is 12.8. The molecule has 1 unspecified atom stereocenters. The van der Waals surface area contributed by atoms with Crippen molar-refractivity contribution in [3.8, 4) is 0 Å². The van der Waals surface area contributed by atoms with E-state index in [1.165, 1.54) is 26.2 Å². The van der Waals surface area contributed by atoms with Gasteiger partial charge in [-0.05, 0) is 31.0 Å². The van der Waals surface area contributed by atoms with Gasteiger partial charge in [0.05, 0.1) is 11.1 Å². The lowest BCUT2D eigenvalue weighted by atomic mass is 10.1. The molecular weight excluding hydrogens is 390 g/mol. The Balaban J connectivity index is 1.66. The van der Waals surface area contributed by atoms with Crippen molar-refractivity contribution in [1.82, 2.24) is 14.1 Å². The molecule has 1 aromatic carbocycles. The van der Waals surface area contributed by atoms with E-state index in [2.05, 4.69) is 4.90 Å². The van der Waals surface area contributed by atoms with Crippen LogP contribution in [-0.2, 0) is 14.8 Å². The molecule has 7 nitrogen and oxygen atoms in total. The Bertz CT molecular complexity index is 786. The van der Waals surface area contributed by atoms with Crippen LogP contribution in [0.15, 0.2) is 23.1 Å². The summed E-state index contributed by atoms with van der Waals surface area (Å²) in [6.07, 6.45) is 2.53. The Morgan fingerprint density at radius 3 is 2.56 bits per heavy atom. The highest BCUT2D eigenvalue weighted by Gasteiger charge is 2.27. The summed E-state index contributed by atoms with van der Waals surface area (Å²) in [5.41, 5.74) is 0.340. The van der Waals surface area contributed by atoms with Crippen molar-refractivity contribution in [2.45, 2.75) is 23.8 Å². The molecule has 2 aliphatic heterocycles. The van der Waals surface area contributed by atoms with Crippen LogP contribution in [0.25, 0.3) is 0 Å². The molecule has 2 saturated heterocycles. The summed E-state index contributed by atoms with van der Waals surface area (Å²) in [6, 6.07) is 4.43. The van der Waals surface area contributed by atoms with Crippen molar-refractivity contribution < 1.29 is 17.9 Å². The molecule has 27 heavy (non-hydrogen) atoms. The van der Waals surface area contributed by atoms with Crippen LogP contribution in [0.2, 0.25) is 5.02 Å². The zero-order valence-corrected chi connectivity index (χ0v) is 17.3. The van der Waals surface area contributed by atoms with Crippen LogP contribution in [-0.4, -0.2) is 88.0 Å². The van der Waals surface area contributed by atoms with E-state index in [-0.39, 0.29) is 15.8 Å². The third-order valence-electron chi connectivity index (χ3n) is 5.08. The van der Waals surface area contributed by atoms with Gasteiger partial charge in [-0.15, -0.1) is 0 Å². The van der Waals surface area contributed by atoms with E-state index in [0.717, 1.165) is 43.4 Å². The van der Waals surface area contributed by atoms with Crippen LogP contribution < -0.4 is 0 Å². The van der Waals surface area contributed by atoms with Crippen molar-refractivity contribution in [1.29, 1.82) is 0 Å². The van der Waals surface area contributed by atoms with E-state index in [4.69, 9.17) is 16.3 Å². The molecule has 0 spiro atoms. The van der Waals surface area contributed by atoms with Gasteiger partial charge >= 0.3 is 0 Å². The molecule has 3 rings (SSSR count). The molecule has 9 heteroatoms. The van der Waals surface area contributed by atoms with E-state index >= 15 is 0 Å². The first-order valence-electron chi connectivity index (χ1n) is 9.14. The fourth-order valence-electron chi connectivity index (χ4n) is 3.42. The van der Waals surface area contributed by atoms with Crippen LogP contribution in [0.5, 0.6) is 0 Å². The van der Waals surface area contributed by atoms with Gasteiger partial charge in [0.15, 0.2) is 0 Å². The fraction of sp³-hybridized carbons (Fsp3) is 0.611. The zero-order chi connectivity index (χ0) is 19.6. The van der Waals surface area contributed by atoms with Crippen molar-refractivity contribution in [3.63, 3.8) is 0 Å². The summed E-state index contributed by atoms with van der Waals surface area (Å²) in [5.74, 6) is -0.168. The van der Waals surface area contributed by atoms with Gasteiger partial charge < -0.3 is 9.64 Å². The van der Waals surface area contributed by atoms with Gasteiger partial charge in [-0.1, -0.05) is 11.6 Å². The number of carbonyl (C=O) groups is 1. The molecule has 1 aromatic rings. The van der Waals surface area contributed by atoms with Gasteiger partial charge in [0.1, 0.15) is 4.90 Å². The van der Waals surface area contributed by atoms with E-state index in [9.17, 15) is 13.2 Å². The van der Waals surface area contributed by atoms with Crippen LogP contribution in [0.4, 0.5) is 0 Å². The highest BCUT2D eigenvalue weighted by Crippen LogP contribution is 2.25. The first kappa shape index (κ1) is 20.5. The molecule has 2 heterocycles. The number of rotatable bonds is 5. The smallest absolute Gasteiger partial charge is 0.253 e. The Morgan fingerprint density at radius 1 is 1.26 bits per heavy atom. The SMILES string of the molecule is CN(C)S(=O)(=O)c1cc(C(=O)N2CCN(CC3CCCO3)CC2)ccc1Cl. The molecule has 2 fully saturated rings. The zero-order valence-electron chi connectivity index (χ0n) is 15.7. The molecule has 0 aromatic heterocycles. The number of sulfonamides is 1. The molecule has 0 aliphatic carbocycles. The largest absolute Gasteiger partial charge is 0.377 e. The number of hydrogen-bond donors (Lipinski definition) is 0. The minimum Gasteiger partial charge on any atom is -0.377 e. The number of benzene rings is 1. The van der Waals surface area contributed by atoms with Gasteiger partial charge in [0.2, 0.25) is 10.0 Å². The lowest BCUT2D eigenvalue weighted by molar-refractivity contribution is 0.0432. The summed E-state index contributed by atoms with van der Waals surface area (Å²) < 4.78 is 31.6. The lowest BCUT2D eigenvalue weighted by Crippen LogP contribution is -2.50.